The number of ether oxygens (including phenoxy) is 1. The maximum Gasteiger partial charge on any atom is 0.257 e. The van der Waals surface area contributed by atoms with Gasteiger partial charge in [0.2, 0.25) is 0 Å². The normalized spacial score (nSPS) is 17.5. The van der Waals surface area contributed by atoms with Gasteiger partial charge in [0.15, 0.2) is 5.13 Å². The minimum Gasteiger partial charge on any atom is -0.379 e. The Balaban J connectivity index is 1.10. The van der Waals surface area contributed by atoms with E-state index in [0.29, 0.717) is 28.8 Å². The SMILES string of the molecule is N#Cc1ccc(-c2cn(Cc3cccc(C(=O)Nc4nc5c(s4)C[C@@H](N4CCOCC4)CC5)c3)nn2)cc1. The van der Waals surface area contributed by atoms with Crippen molar-refractivity contribution in [2.75, 3.05) is 31.6 Å². The highest BCUT2D eigenvalue weighted by Gasteiger charge is 2.28. The lowest BCUT2D eigenvalue weighted by atomic mass is 9.96. The lowest BCUT2D eigenvalue weighted by molar-refractivity contribution is 0.0139. The van der Waals surface area contributed by atoms with Gasteiger partial charge in [0.05, 0.1) is 43.3 Å². The van der Waals surface area contributed by atoms with Crippen molar-refractivity contribution in [2.24, 2.45) is 0 Å². The van der Waals surface area contributed by atoms with Crippen LogP contribution >= 0.6 is 11.3 Å². The largest absolute Gasteiger partial charge is 0.379 e. The summed E-state index contributed by atoms with van der Waals surface area (Å²) in [5.41, 5.74) is 4.87. The van der Waals surface area contributed by atoms with Crippen molar-refractivity contribution in [1.82, 2.24) is 24.9 Å². The van der Waals surface area contributed by atoms with E-state index in [-0.39, 0.29) is 5.91 Å². The molecule has 0 radical (unpaired) electrons. The molecular formula is C28H27N7O2S. The monoisotopic (exact) mass is 525 g/mol. The van der Waals surface area contributed by atoms with Gasteiger partial charge in [-0.2, -0.15) is 5.26 Å². The van der Waals surface area contributed by atoms with Crippen LogP contribution in [0.25, 0.3) is 11.3 Å². The first-order valence-corrected chi connectivity index (χ1v) is 13.6. The molecule has 0 spiro atoms. The summed E-state index contributed by atoms with van der Waals surface area (Å²) in [6.07, 6.45) is 4.89. The molecule has 1 amide bonds. The molecular weight excluding hydrogens is 498 g/mol. The maximum atomic E-state index is 13.1. The molecule has 3 heterocycles. The summed E-state index contributed by atoms with van der Waals surface area (Å²) in [4.78, 5) is 21.6. The number of aryl methyl sites for hydroxylation is 1. The van der Waals surface area contributed by atoms with Crippen molar-refractivity contribution in [2.45, 2.75) is 31.8 Å². The van der Waals surface area contributed by atoms with E-state index in [4.69, 9.17) is 15.0 Å². The number of benzene rings is 2. The van der Waals surface area contributed by atoms with E-state index in [1.54, 1.807) is 28.2 Å². The lowest BCUT2D eigenvalue weighted by Gasteiger charge is -2.36. The predicted octanol–water partition coefficient (Wildman–Crippen LogP) is 3.76. The summed E-state index contributed by atoms with van der Waals surface area (Å²) in [6, 6.07) is 17.4. The zero-order valence-electron chi connectivity index (χ0n) is 20.8. The number of nitrogens with one attached hydrogen (secondary N) is 1. The Hall–Kier alpha value is -3.91. The highest BCUT2D eigenvalue weighted by atomic mass is 32.1. The number of carbonyl (C=O) groups is 1. The molecule has 2 aromatic carbocycles. The molecule has 4 aromatic rings. The molecule has 2 aliphatic rings. The quantitative estimate of drug-likeness (QED) is 0.408. The molecule has 0 saturated carbocycles. The molecule has 38 heavy (non-hydrogen) atoms. The average Bonchev–Trinajstić information content (AvgIpc) is 3.60. The van der Waals surface area contributed by atoms with Crippen LogP contribution in [0.2, 0.25) is 0 Å². The summed E-state index contributed by atoms with van der Waals surface area (Å²) in [5, 5.41) is 21.1. The number of anilines is 1. The zero-order valence-corrected chi connectivity index (χ0v) is 21.7. The van der Waals surface area contributed by atoms with Crippen molar-refractivity contribution in [1.29, 1.82) is 5.26 Å². The average molecular weight is 526 g/mol. The van der Waals surface area contributed by atoms with Gasteiger partial charge in [-0.25, -0.2) is 9.67 Å². The fourth-order valence-corrected chi connectivity index (χ4v) is 6.13. The van der Waals surface area contributed by atoms with Crippen molar-refractivity contribution in [3.05, 3.63) is 82.0 Å². The van der Waals surface area contributed by atoms with Crippen LogP contribution in [0.5, 0.6) is 0 Å². The van der Waals surface area contributed by atoms with Gasteiger partial charge in [0.25, 0.3) is 5.91 Å². The van der Waals surface area contributed by atoms with E-state index >= 15 is 0 Å². The summed E-state index contributed by atoms with van der Waals surface area (Å²) in [6.45, 7) is 4.08. The number of rotatable bonds is 6. The Morgan fingerprint density at radius 3 is 2.84 bits per heavy atom. The number of morpholine rings is 1. The second-order valence-corrected chi connectivity index (χ2v) is 10.7. The Bertz CT molecular complexity index is 1480. The zero-order chi connectivity index (χ0) is 25.9. The van der Waals surface area contributed by atoms with E-state index in [2.05, 4.69) is 26.6 Å². The third-order valence-corrected chi connectivity index (χ3v) is 8.11. The molecule has 9 nitrogen and oxygen atoms in total. The van der Waals surface area contributed by atoms with Gasteiger partial charge in [-0.05, 0) is 49.1 Å². The van der Waals surface area contributed by atoms with Gasteiger partial charge in [-0.15, -0.1) is 16.4 Å². The number of hydrogen-bond acceptors (Lipinski definition) is 8. The number of aromatic nitrogens is 4. The molecule has 0 unspecified atom stereocenters. The number of thiazole rings is 1. The minimum atomic E-state index is -0.167. The standard InChI is InChI=1S/C28H27N7O2S/c29-16-19-4-6-21(7-5-19)25-18-35(33-32-25)17-20-2-1-3-22(14-20)27(36)31-28-30-24-9-8-23(15-26(24)38-28)34-10-12-37-13-11-34/h1-7,14,18,23H,8-13,15,17H2,(H,30,31,36)/t23-/m0/s1. The summed E-state index contributed by atoms with van der Waals surface area (Å²) in [5.74, 6) is -0.167. The molecule has 1 aliphatic heterocycles. The van der Waals surface area contributed by atoms with Crippen LogP contribution in [0.15, 0.2) is 54.7 Å². The van der Waals surface area contributed by atoms with Crippen LogP contribution in [0.4, 0.5) is 5.13 Å². The van der Waals surface area contributed by atoms with Crippen LogP contribution in [0, 0.1) is 11.3 Å². The van der Waals surface area contributed by atoms with Gasteiger partial charge in [-0.1, -0.05) is 29.5 Å². The minimum absolute atomic E-state index is 0.167. The van der Waals surface area contributed by atoms with Gasteiger partial charge < -0.3 is 4.74 Å². The van der Waals surface area contributed by atoms with E-state index in [1.165, 1.54) is 4.88 Å². The predicted molar refractivity (Wildman–Crippen MR) is 144 cm³/mol. The molecule has 0 bridgehead atoms. The van der Waals surface area contributed by atoms with Gasteiger partial charge in [0.1, 0.15) is 5.69 Å². The van der Waals surface area contributed by atoms with E-state index < -0.39 is 0 Å². The van der Waals surface area contributed by atoms with Crippen molar-refractivity contribution in [3.8, 4) is 17.3 Å². The second-order valence-electron chi connectivity index (χ2n) is 9.58. The first-order chi connectivity index (χ1) is 18.6. The van der Waals surface area contributed by atoms with E-state index in [0.717, 1.165) is 68.1 Å². The van der Waals surface area contributed by atoms with E-state index in [1.807, 2.05) is 42.6 Å². The topological polar surface area (TPSA) is 109 Å². The first-order valence-electron chi connectivity index (χ1n) is 12.8. The fraction of sp³-hybridized carbons (Fsp3) is 0.321. The maximum absolute atomic E-state index is 13.1. The number of amides is 1. The van der Waals surface area contributed by atoms with Crippen molar-refractivity contribution < 1.29 is 9.53 Å². The molecule has 1 fully saturated rings. The molecule has 6 rings (SSSR count). The smallest absolute Gasteiger partial charge is 0.257 e. The number of nitriles is 1. The third-order valence-electron chi connectivity index (χ3n) is 7.08. The third kappa shape index (κ3) is 5.36. The molecule has 1 aliphatic carbocycles. The van der Waals surface area contributed by atoms with Crippen LogP contribution in [-0.2, 0) is 24.1 Å². The van der Waals surface area contributed by atoms with Crippen LogP contribution < -0.4 is 5.32 Å². The number of carbonyl (C=O) groups excluding carboxylic acids is 1. The van der Waals surface area contributed by atoms with Crippen molar-refractivity contribution in [3.63, 3.8) is 0 Å². The Morgan fingerprint density at radius 1 is 1.18 bits per heavy atom. The van der Waals surface area contributed by atoms with E-state index in [9.17, 15) is 4.79 Å². The van der Waals surface area contributed by atoms with Gasteiger partial charge >= 0.3 is 0 Å². The molecule has 10 heteroatoms. The summed E-state index contributed by atoms with van der Waals surface area (Å²) in [7, 11) is 0. The molecule has 1 atom stereocenters. The van der Waals surface area contributed by atoms with Crippen LogP contribution in [-0.4, -0.2) is 63.1 Å². The Kier molecular flexibility index (Phi) is 6.96. The first kappa shape index (κ1) is 24.4. The number of fused-ring (bicyclic) bond motifs is 1. The van der Waals surface area contributed by atoms with Crippen LogP contribution in [0.3, 0.4) is 0 Å². The molecule has 2 aromatic heterocycles. The molecule has 1 N–H and O–H groups in total. The lowest BCUT2D eigenvalue weighted by Crippen LogP contribution is -2.45. The molecule has 1 saturated heterocycles. The number of nitrogens with zero attached hydrogens (tertiary/aromatic N) is 6. The van der Waals surface area contributed by atoms with Crippen molar-refractivity contribution >= 4 is 22.4 Å². The second kappa shape index (κ2) is 10.8. The van der Waals surface area contributed by atoms with Gasteiger partial charge in [-0.3, -0.25) is 15.0 Å². The molecule has 192 valence electrons. The summed E-state index contributed by atoms with van der Waals surface area (Å²) >= 11 is 1.59. The Morgan fingerprint density at radius 2 is 2.03 bits per heavy atom. The number of hydrogen-bond donors (Lipinski definition) is 1. The van der Waals surface area contributed by atoms with Crippen LogP contribution in [0.1, 0.15) is 38.5 Å². The summed E-state index contributed by atoms with van der Waals surface area (Å²) < 4.78 is 7.24. The fourth-order valence-electron chi connectivity index (χ4n) is 5.06. The highest BCUT2D eigenvalue weighted by Crippen LogP contribution is 2.32. The van der Waals surface area contributed by atoms with Gasteiger partial charge in [0, 0.05) is 35.1 Å². The Labute approximate surface area is 224 Å². The highest BCUT2D eigenvalue weighted by molar-refractivity contribution is 7.15.